The molecule has 0 saturated carbocycles. The summed E-state index contributed by atoms with van der Waals surface area (Å²) in [5, 5.41) is 2.90. The molecule has 1 aromatic heterocycles. The van der Waals surface area contributed by atoms with Gasteiger partial charge in [-0.1, -0.05) is 37.3 Å². The molecule has 8 nitrogen and oxygen atoms in total. The molecule has 0 unspecified atom stereocenters. The number of carbonyl (C=O) groups excluding carboxylic acids is 2. The van der Waals surface area contributed by atoms with E-state index >= 15 is 0 Å². The fourth-order valence-electron chi connectivity index (χ4n) is 4.30. The van der Waals surface area contributed by atoms with Gasteiger partial charge in [0.25, 0.3) is 0 Å². The molecule has 0 spiro atoms. The van der Waals surface area contributed by atoms with Gasteiger partial charge < -0.3 is 14.6 Å². The fourth-order valence-corrected chi connectivity index (χ4v) is 4.30. The van der Waals surface area contributed by atoms with Gasteiger partial charge in [0.2, 0.25) is 11.8 Å². The van der Waals surface area contributed by atoms with Crippen LogP contribution in [0, 0.1) is 0 Å². The number of nitrogens with one attached hydrogen (secondary N) is 1. The van der Waals surface area contributed by atoms with Crippen molar-refractivity contribution in [3.8, 4) is 0 Å². The van der Waals surface area contributed by atoms with E-state index in [4.69, 9.17) is 4.42 Å². The maximum atomic E-state index is 12.7. The number of benzene rings is 2. The minimum Gasteiger partial charge on any atom is -0.408 e. The Morgan fingerprint density at radius 3 is 2.62 bits per heavy atom. The van der Waals surface area contributed by atoms with Crippen LogP contribution in [-0.2, 0) is 16.1 Å². The van der Waals surface area contributed by atoms with Crippen molar-refractivity contribution in [3.63, 3.8) is 0 Å². The third-order valence-corrected chi connectivity index (χ3v) is 5.82. The molecule has 4 rings (SSSR count). The van der Waals surface area contributed by atoms with Crippen LogP contribution in [0.2, 0.25) is 0 Å². The van der Waals surface area contributed by atoms with Gasteiger partial charge in [-0.3, -0.25) is 19.1 Å². The number of rotatable bonds is 6. The minimum atomic E-state index is -0.388. The Bertz CT molecular complexity index is 1170. The average Bonchev–Trinajstić information content (AvgIpc) is 3.08. The predicted octanol–water partition coefficient (Wildman–Crippen LogP) is 2.85. The number of fused-ring (bicyclic) bond motifs is 1. The molecular weight excluding hydrogens is 408 g/mol. The highest BCUT2D eigenvalue weighted by Crippen LogP contribution is 2.25. The monoisotopic (exact) mass is 436 g/mol. The second-order valence-corrected chi connectivity index (χ2v) is 8.12. The largest absolute Gasteiger partial charge is 0.419 e. The number of piperazine rings is 1. The number of hydrogen-bond acceptors (Lipinski definition) is 5. The highest BCUT2D eigenvalue weighted by Gasteiger charge is 2.30. The summed E-state index contributed by atoms with van der Waals surface area (Å²) < 4.78 is 6.93. The molecule has 2 heterocycles. The summed E-state index contributed by atoms with van der Waals surface area (Å²) in [5.41, 5.74) is 2.83. The van der Waals surface area contributed by atoms with Crippen LogP contribution in [0.15, 0.2) is 57.7 Å². The Hall–Kier alpha value is -3.39. The van der Waals surface area contributed by atoms with Crippen molar-refractivity contribution in [3.05, 3.63) is 64.6 Å². The van der Waals surface area contributed by atoms with Gasteiger partial charge in [0.15, 0.2) is 5.58 Å². The maximum Gasteiger partial charge on any atom is 0.419 e. The molecule has 0 aliphatic carbocycles. The standard InChI is InChI=1S/C24H28N4O4/c1-3-11-28-20-10-9-19(14-22(20)32-24(28)31)25-23(30)16-26-12-13-27(17(2)29)21(15-26)18-7-5-4-6-8-18/h4-10,14,21H,3,11-13,15-16H2,1-2H3,(H,25,30)/t21-/m1/s1. The third-order valence-electron chi connectivity index (χ3n) is 5.82. The highest BCUT2D eigenvalue weighted by molar-refractivity contribution is 5.94. The first kappa shape index (κ1) is 21.8. The van der Waals surface area contributed by atoms with E-state index in [0.29, 0.717) is 37.4 Å². The molecule has 0 bridgehead atoms. The van der Waals surface area contributed by atoms with Gasteiger partial charge in [-0.2, -0.15) is 0 Å². The summed E-state index contributed by atoms with van der Waals surface area (Å²) in [6, 6.07) is 15.1. The minimum absolute atomic E-state index is 0.0350. The highest BCUT2D eigenvalue weighted by atomic mass is 16.4. The topological polar surface area (TPSA) is 87.8 Å². The molecule has 1 saturated heterocycles. The second-order valence-electron chi connectivity index (χ2n) is 8.12. The Morgan fingerprint density at radius 1 is 1.12 bits per heavy atom. The van der Waals surface area contributed by atoms with Crippen LogP contribution in [0.4, 0.5) is 5.69 Å². The molecule has 168 valence electrons. The maximum absolute atomic E-state index is 12.7. The summed E-state index contributed by atoms with van der Waals surface area (Å²) in [6.07, 6.45) is 0.827. The quantitative estimate of drug-likeness (QED) is 0.642. The molecule has 32 heavy (non-hydrogen) atoms. The van der Waals surface area contributed by atoms with Crippen molar-refractivity contribution in [2.75, 3.05) is 31.5 Å². The van der Waals surface area contributed by atoms with Crippen molar-refractivity contribution >= 4 is 28.6 Å². The molecule has 1 aliphatic rings. The van der Waals surface area contributed by atoms with E-state index in [0.717, 1.165) is 17.5 Å². The van der Waals surface area contributed by atoms with Crippen molar-refractivity contribution in [2.24, 2.45) is 0 Å². The molecule has 1 aliphatic heterocycles. The Morgan fingerprint density at radius 2 is 1.91 bits per heavy atom. The average molecular weight is 437 g/mol. The van der Waals surface area contributed by atoms with Gasteiger partial charge in [-0.15, -0.1) is 0 Å². The first-order valence-electron chi connectivity index (χ1n) is 10.9. The summed E-state index contributed by atoms with van der Waals surface area (Å²) in [7, 11) is 0. The fraction of sp³-hybridized carbons (Fsp3) is 0.375. The van der Waals surface area contributed by atoms with E-state index in [1.807, 2.05) is 42.2 Å². The third kappa shape index (κ3) is 4.60. The van der Waals surface area contributed by atoms with Crippen molar-refractivity contribution in [1.82, 2.24) is 14.4 Å². The zero-order valence-corrected chi connectivity index (χ0v) is 18.4. The first-order valence-corrected chi connectivity index (χ1v) is 10.9. The smallest absolute Gasteiger partial charge is 0.408 e. The van der Waals surface area contributed by atoms with Crippen LogP contribution in [-0.4, -0.2) is 52.4 Å². The van der Waals surface area contributed by atoms with Gasteiger partial charge in [0.1, 0.15) is 0 Å². The summed E-state index contributed by atoms with van der Waals surface area (Å²) in [6.45, 7) is 6.18. The van der Waals surface area contributed by atoms with E-state index in [1.165, 1.54) is 0 Å². The van der Waals surface area contributed by atoms with Crippen LogP contribution in [0.5, 0.6) is 0 Å². The Kier molecular flexibility index (Phi) is 6.41. The number of amides is 2. The normalized spacial score (nSPS) is 16.9. The molecule has 1 N–H and O–H groups in total. The zero-order valence-electron chi connectivity index (χ0n) is 18.4. The molecule has 0 radical (unpaired) electrons. The zero-order chi connectivity index (χ0) is 22.7. The van der Waals surface area contributed by atoms with Crippen LogP contribution in [0.25, 0.3) is 11.1 Å². The number of carbonyl (C=O) groups is 2. The van der Waals surface area contributed by atoms with Crippen molar-refractivity contribution in [1.29, 1.82) is 0 Å². The lowest BCUT2D eigenvalue weighted by molar-refractivity contribution is -0.134. The molecule has 3 aromatic rings. The lowest BCUT2D eigenvalue weighted by Crippen LogP contribution is -2.51. The van der Waals surface area contributed by atoms with Gasteiger partial charge in [-0.05, 0) is 24.1 Å². The van der Waals surface area contributed by atoms with E-state index in [1.54, 1.807) is 29.7 Å². The van der Waals surface area contributed by atoms with Gasteiger partial charge in [-0.25, -0.2) is 4.79 Å². The Balaban J connectivity index is 1.43. The van der Waals surface area contributed by atoms with Crippen LogP contribution >= 0.6 is 0 Å². The summed E-state index contributed by atoms with van der Waals surface area (Å²) in [4.78, 5) is 40.8. The molecule has 1 fully saturated rings. The summed E-state index contributed by atoms with van der Waals surface area (Å²) >= 11 is 0. The molecule has 8 heteroatoms. The number of aromatic nitrogens is 1. The number of hydrogen-bond donors (Lipinski definition) is 1. The van der Waals surface area contributed by atoms with Gasteiger partial charge >= 0.3 is 5.76 Å². The lowest BCUT2D eigenvalue weighted by Gasteiger charge is -2.41. The Labute approximate surface area is 186 Å². The van der Waals surface area contributed by atoms with Gasteiger partial charge in [0.05, 0.1) is 18.1 Å². The van der Waals surface area contributed by atoms with Crippen molar-refractivity contribution < 1.29 is 14.0 Å². The van der Waals surface area contributed by atoms with Crippen LogP contribution < -0.4 is 11.1 Å². The van der Waals surface area contributed by atoms with E-state index in [2.05, 4.69) is 10.2 Å². The first-order chi connectivity index (χ1) is 15.5. The molecule has 2 aromatic carbocycles. The van der Waals surface area contributed by atoms with E-state index < -0.39 is 0 Å². The van der Waals surface area contributed by atoms with E-state index in [9.17, 15) is 14.4 Å². The van der Waals surface area contributed by atoms with Crippen molar-refractivity contribution in [2.45, 2.75) is 32.9 Å². The number of aryl methyl sites for hydroxylation is 1. The SMILES string of the molecule is CCCn1c(=O)oc2cc(NC(=O)CN3CCN(C(C)=O)[C@@H](c4ccccc4)C3)ccc21. The molecular formula is C24H28N4O4. The van der Waals surface area contributed by atoms with E-state index in [-0.39, 0.29) is 30.2 Å². The van der Waals surface area contributed by atoms with Crippen LogP contribution in [0.3, 0.4) is 0 Å². The summed E-state index contributed by atoms with van der Waals surface area (Å²) in [5.74, 6) is -0.504. The number of nitrogens with zero attached hydrogens (tertiary/aromatic N) is 3. The molecule has 1 atom stereocenters. The lowest BCUT2D eigenvalue weighted by atomic mass is 10.0. The van der Waals surface area contributed by atoms with Gasteiger partial charge in [0, 0.05) is 44.9 Å². The number of anilines is 1. The van der Waals surface area contributed by atoms with Crippen LogP contribution in [0.1, 0.15) is 31.9 Å². The number of oxazole rings is 1. The molecule has 2 amide bonds. The predicted molar refractivity (Wildman–Crippen MR) is 122 cm³/mol. The second kappa shape index (κ2) is 9.40.